The van der Waals surface area contributed by atoms with Crippen LogP contribution in [0.3, 0.4) is 0 Å². The highest BCUT2D eigenvalue weighted by Gasteiger charge is 2.11. The summed E-state index contributed by atoms with van der Waals surface area (Å²) in [6.45, 7) is 4.72. The Balaban J connectivity index is 2.46. The quantitative estimate of drug-likeness (QED) is 0.903. The van der Waals surface area contributed by atoms with Gasteiger partial charge in [0, 0.05) is 33.3 Å². The Hall–Kier alpha value is -0.420. The van der Waals surface area contributed by atoms with E-state index in [1.165, 1.54) is 20.5 Å². The largest absolute Gasteiger partial charge is 0.380 e. The zero-order chi connectivity index (χ0) is 12.3. The molecule has 2 nitrogen and oxygen atoms in total. The molecule has 0 aliphatic rings. The summed E-state index contributed by atoms with van der Waals surface area (Å²) in [6.07, 6.45) is 0. The molecule has 0 atom stereocenters. The van der Waals surface area contributed by atoms with Gasteiger partial charge in [0.15, 0.2) is 0 Å². The lowest BCUT2D eigenvalue weighted by molar-refractivity contribution is 0.185. The molecule has 0 aliphatic carbocycles. The SMILES string of the molecule is CCNCc1sc2ccc(Br)cc2c1COC. The number of nitrogens with one attached hydrogen (secondary N) is 1. The van der Waals surface area contributed by atoms with Gasteiger partial charge < -0.3 is 10.1 Å². The van der Waals surface area contributed by atoms with Crippen molar-refractivity contribution in [1.29, 1.82) is 0 Å². The number of fused-ring (bicyclic) bond motifs is 1. The monoisotopic (exact) mass is 313 g/mol. The fourth-order valence-corrected chi connectivity index (χ4v) is 3.38. The highest BCUT2D eigenvalue weighted by molar-refractivity contribution is 9.10. The predicted molar refractivity (Wildman–Crippen MR) is 77.6 cm³/mol. The van der Waals surface area contributed by atoms with E-state index < -0.39 is 0 Å². The van der Waals surface area contributed by atoms with Gasteiger partial charge in [0.05, 0.1) is 6.61 Å². The van der Waals surface area contributed by atoms with E-state index in [0.717, 1.165) is 17.6 Å². The number of hydrogen-bond acceptors (Lipinski definition) is 3. The molecule has 0 amide bonds. The number of halogens is 1. The highest BCUT2D eigenvalue weighted by Crippen LogP contribution is 2.33. The average Bonchev–Trinajstić information content (AvgIpc) is 2.65. The molecule has 0 aliphatic heterocycles. The lowest BCUT2D eigenvalue weighted by Gasteiger charge is -2.04. The van der Waals surface area contributed by atoms with Crippen LogP contribution in [0.15, 0.2) is 22.7 Å². The molecule has 17 heavy (non-hydrogen) atoms. The van der Waals surface area contributed by atoms with Crippen LogP contribution in [0, 0.1) is 0 Å². The van der Waals surface area contributed by atoms with Crippen LogP contribution in [0.25, 0.3) is 10.1 Å². The zero-order valence-corrected chi connectivity index (χ0v) is 12.5. The van der Waals surface area contributed by atoms with E-state index in [0.29, 0.717) is 6.61 Å². The van der Waals surface area contributed by atoms with Gasteiger partial charge in [-0.25, -0.2) is 0 Å². The van der Waals surface area contributed by atoms with E-state index in [-0.39, 0.29) is 0 Å². The minimum atomic E-state index is 0.678. The van der Waals surface area contributed by atoms with Crippen molar-refractivity contribution in [3.63, 3.8) is 0 Å². The van der Waals surface area contributed by atoms with E-state index in [9.17, 15) is 0 Å². The van der Waals surface area contributed by atoms with Crippen LogP contribution in [0.5, 0.6) is 0 Å². The van der Waals surface area contributed by atoms with E-state index in [4.69, 9.17) is 4.74 Å². The molecule has 4 heteroatoms. The van der Waals surface area contributed by atoms with Crippen LogP contribution < -0.4 is 5.32 Å². The highest BCUT2D eigenvalue weighted by atomic mass is 79.9. The molecule has 2 rings (SSSR count). The van der Waals surface area contributed by atoms with Crippen molar-refractivity contribution < 1.29 is 4.74 Å². The molecule has 1 aromatic heterocycles. The summed E-state index contributed by atoms with van der Waals surface area (Å²) in [7, 11) is 1.75. The standard InChI is InChI=1S/C13H16BrNOS/c1-3-15-7-13-11(8-16-2)10-6-9(14)4-5-12(10)17-13/h4-6,15H,3,7-8H2,1-2H3. The van der Waals surface area contributed by atoms with Crippen molar-refractivity contribution in [2.75, 3.05) is 13.7 Å². The van der Waals surface area contributed by atoms with Crippen molar-refractivity contribution in [2.24, 2.45) is 0 Å². The molecule has 0 bridgehead atoms. The fraction of sp³-hybridized carbons (Fsp3) is 0.385. The Kier molecular flexibility index (Phi) is 4.56. The molecule has 92 valence electrons. The molecule has 0 saturated carbocycles. The molecule has 2 aromatic rings. The van der Waals surface area contributed by atoms with Crippen molar-refractivity contribution >= 4 is 37.4 Å². The van der Waals surface area contributed by atoms with Gasteiger partial charge in [0.1, 0.15) is 0 Å². The number of ether oxygens (including phenoxy) is 1. The summed E-state index contributed by atoms with van der Waals surface area (Å²) < 4.78 is 7.77. The minimum Gasteiger partial charge on any atom is -0.380 e. The average molecular weight is 314 g/mol. The Morgan fingerprint density at radius 1 is 1.41 bits per heavy atom. The van der Waals surface area contributed by atoms with E-state index in [1.807, 2.05) is 11.3 Å². The summed E-state index contributed by atoms with van der Waals surface area (Å²) >= 11 is 5.38. The van der Waals surface area contributed by atoms with Gasteiger partial charge in [0.2, 0.25) is 0 Å². The lowest BCUT2D eigenvalue weighted by Crippen LogP contribution is -2.11. The number of benzene rings is 1. The molecular formula is C13H16BrNOS. The zero-order valence-electron chi connectivity index (χ0n) is 10.0. The minimum absolute atomic E-state index is 0.678. The smallest absolute Gasteiger partial charge is 0.0730 e. The molecule has 1 aromatic carbocycles. The second kappa shape index (κ2) is 5.96. The third-order valence-corrected chi connectivity index (χ3v) is 4.37. The number of methoxy groups -OCH3 is 1. The predicted octanol–water partition coefficient (Wildman–Crippen LogP) is 3.92. The molecule has 1 N–H and O–H groups in total. The van der Waals surface area contributed by atoms with Crippen molar-refractivity contribution in [3.8, 4) is 0 Å². The summed E-state index contributed by atoms with van der Waals surface area (Å²) in [5.41, 5.74) is 1.31. The molecule has 0 radical (unpaired) electrons. The van der Waals surface area contributed by atoms with E-state index in [2.05, 4.69) is 46.4 Å². The molecular weight excluding hydrogens is 298 g/mol. The van der Waals surface area contributed by atoms with Crippen LogP contribution in [-0.2, 0) is 17.9 Å². The lowest BCUT2D eigenvalue weighted by atomic mass is 10.1. The van der Waals surface area contributed by atoms with Gasteiger partial charge >= 0.3 is 0 Å². The van der Waals surface area contributed by atoms with Crippen molar-refractivity contribution in [3.05, 3.63) is 33.1 Å². The van der Waals surface area contributed by atoms with Gasteiger partial charge in [0.25, 0.3) is 0 Å². The summed E-state index contributed by atoms with van der Waals surface area (Å²) in [5.74, 6) is 0. The third kappa shape index (κ3) is 2.88. The molecule has 0 unspecified atom stereocenters. The van der Waals surface area contributed by atoms with Crippen LogP contribution in [-0.4, -0.2) is 13.7 Å². The number of hydrogen-bond donors (Lipinski definition) is 1. The first-order chi connectivity index (χ1) is 8.26. The number of rotatable bonds is 5. The maximum absolute atomic E-state index is 5.32. The molecule has 0 fully saturated rings. The Morgan fingerprint density at radius 3 is 2.94 bits per heavy atom. The number of thiophene rings is 1. The van der Waals surface area contributed by atoms with Crippen LogP contribution >= 0.6 is 27.3 Å². The third-order valence-electron chi connectivity index (χ3n) is 2.66. The second-order valence-corrected chi connectivity index (χ2v) is 5.91. The Morgan fingerprint density at radius 2 is 2.24 bits per heavy atom. The van der Waals surface area contributed by atoms with E-state index in [1.54, 1.807) is 7.11 Å². The molecule has 0 saturated heterocycles. The molecule has 1 heterocycles. The van der Waals surface area contributed by atoms with Crippen LogP contribution in [0.4, 0.5) is 0 Å². The Bertz CT molecular complexity index is 509. The Labute approximate surface area is 114 Å². The second-order valence-electron chi connectivity index (χ2n) is 3.86. The topological polar surface area (TPSA) is 21.3 Å². The van der Waals surface area contributed by atoms with Gasteiger partial charge in [-0.15, -0.1) is 11.3 Å². The van der Waals surface area contributed by atoms with Crippen molar-refractivity contribution in [1.82, 2.24) is 5.32 Å². The fourth-order valence-electron chi connectivity index (χ4n) is 1.86. The van der Waals surface area contributed by atoms with Gasteiger partial charge in [-0.2, -0.15) is 0 Å². The van der Waals surface area contributed by atoms with Gasteiger partial charge in [-0.05, 0) is 30.1 Å². The summed E-state index contributed by atoms with van der Waals surface area (Å²) in [4.78, 5) is 1.38. The first-order valence-corrected chi connectivity index (χ1v) is 7.26. The van der Waals surface area contributed by atoms with Crippen LogP contribution in [0.2, 0.25) is 0 Å². The summed E-state index contributed by atoms with van der Waals surface area (Å²) in [6, 6.07) is 6.43. The van der Waals surface area contributed by atoms with Crippen LogP contribution in [0.1, 0.15) is 17.4 Å². The molecule has 0 spiro atoms. The first-order valence-electron chi connectivity index (χ1n) is 5.65. The van der Waals surface area contributed by atoms with E-state index >= 15 is 0 Å². The van der Waals surface area contributed by atoms with Crippen molar-refractivity contribution in [2.45, 2.75) is 20.1 Å². The first kappa shape index (κ1) is 13.0. The summed E-state index contributed by atoms with van der Waals surface area (Å²) in [5, 5.41) is 4.69. The normalized spacial score (nSPS) is 11.2. The van der Waals surface area contributed by atoms with Gasteiger partial charge in [-0.3, -0.25) is 0 Å². The maximum atomic E-state index is 5.32. The van der Waals surface area contributed by atoms with Gasteiger partial charge in [-0.1, -0.05) is 22.9 Å². The maximum Gasteiger partial charge on any atom is 0.0730 e.